The van der Waals surface area contributed by atoms with Crippen LogP contribution in [0, 0.1) is 0 Å². The van der Waals surface area contributed by atoms with Crippen LogP contribution < -0.4 is 15.4 Å². The van der Waals surface area contributed by atoms with E-state index >= 15 is 0 Å². The number of hydrogen-bond donors (Lipinski definition) is 2. The Hall–Kier alpha value is -2.86. The zero-order valence-corrected chi connectivity index (χ0v) is 17.0. The van der Waals surface area contributed by atoms with Gasteiger partial charge in [-0.25, -0.2) is 0 Å². The van der Waals surface area contributed by atoms with Crippen LogP contribution in [0.2, 0.25) is 0 Å². The number of nitrogens with zero attached hydrogens (tertiary/aromatic N) is 1. The number of anilines is 2. The van der Waals surface area contributed by atoms with E-state index in [0.717, 1.165) is 5.69 Å². The van der Waals surface area contributed by atoms with Crippen molar-refractivity contribution in [2.75, 3.05) is 37.4 Å². The molecule has 0 aliphatic rings. The number of likely N-dealkylation sites (N-methyl/N-ethyl adjacent to an activating group) is 1. The molecule has 0 aromatic heterocycles. The fraction of sp³-hybridized carbons (Fsp3) is 0.364. The van der Waals surface area contributed by atoms with E-state index in [0.29, 0.717) is 23.9 Å². The van der Waals surface area contributed by atoms with Crippen molar-refractivity contribution in [3.8, 4) is 5.75 Å². The van der Waals surface area contributed by atoms with Crippen LogP contribution in [-0.4, -0.2) is 43.5 Å². The molecule has 0 radical (unpaired) electrons. The Balaban J connectivity index is 1.86. The number of benzene rings is 2. The van der Waals surface area contributed by atoms with Gasteiger partial charge < -0.3 is 15.4 Å². The largest absolute Gasteiger partial charge is 0.497 e. The highest BCUT2D eigenvalue weighted by atomic mass is 16.5. The monoisotopic (exact) mass is 383 g/mol. The molecule has 0 spiro atoms. The molecule has 0 atom stereocenters. The molecule has 0 bridgehead atoms. The van der Waals surface area contributed by atoms with Crippen molar-refractivity contribution >= 4 is 23.2 Å². The summed E-state index contributed by atoms with van der Waals surface area (Å²) in [5.74, 6) is 0.800. The average molecular weight is 383 g/mol. The molecular formula is C22H29N3O3. The van der Waals surface area contributed by atoms with E-state index in [1.807, 2.05) is 43.3 Å². The molecule has 0 aliphatic carbocycles. The number of amides is 2. The highest BCUT2D eigenvalue weighted by Crippen LogP contribution is 2.18. The number of carbonyl (C=O) groups is 2. The lowest BCUT2D eigenvalue weighted by Crippen LogP contribution is -2.38. The van der Waals surface area contributed by atoms with Gasteiger partial charge >= 0.3 is 0 Å². The molecule has 0 aliphatic heterocycles. The van der Waals surface area contributed by atoms with Gasteiger partial charge in [0.05, 0.1) is 20.2 Å². The van der Waals surface area contributed by atoms with Gasteiger partial charge in [-0.05, 0) is 42.3 Å². The molecule has 2 aromatic carbocycles. The van der Waals surface area contributed by atoms with Gasteiger partial charge in [0.1, 0.15) is 5.75 Å². The van der Waals surface area contributed by atoms with Crippen molar-refractivity contribution in [3.63, 3.8) is 0 Å². The van der Waals surface area contributed by atoms with Crippen LogP contribution in [0.4, 0.5) is 11.4 Å². The lowest BCUT2D eigenvalue weighted by atomic mass is 10.0. The molecule has 28 heavy (non-hydrogen) atoms. The van der Waals surface area contributed by atoms with Crippen LogP contribution in [0.5, 0.6) is 5.75 Å². The minimum Gasteiger partial charge on any atom is -0.497 e. The zero-order valence-electron chi connectivity index (χ0n) is 17.0. The van der Waals surface area contributed by atoms with Crippen molar-refractivity contribution in [3.05, 3.63) is 54.1 Å². The summed E-state index contributed by atoms with van der Waals surface area (Å²) in [5, 5.41) is 5.71. The molecule has 6 nitrogen and oxygen atoms in total. The first-order valence-corrected chi connectivity index (χ1v) is 9.47. The van der Waals surface area contributed by atoms with Crippen LogP contribution in [0.3, 0.4) is 0 Å². The van der Waals surface area contributed by atoms with Gasteiger partial charge in [0, 0.05) is 17.4 Å². The SMILES string of the molecule is CCN(CC(=O)Nc1ccc(C(C)C)cc1)CC(=O)Nc1cccc(OC)c1. The molecule has 2 N–H and O–H groups in total. The second-order valence-corrected chi connectivity index (χ2v) is 6.91. The quantitative estimate of drug-likeness (QED) is 0.692. The Morgan fingerprint density at radius 2 is 1.57 bits per heavy atom. The standard InChI is InChI=1S/C22H29N3O3/c1-5-25(15-22(27)24-19-7-6-8-20(13-19)28-4)14-21(26)23-18-11-9-17(10-12-18)16(2)3/h6-13,16H,5,14-15H2,1-4H3,(H,23,26)(H,24,27). The minimum atomic E-state index is -0.177. The second-order valence-electron chi connectivity index (χ2n) is 6.91. The molecule has 6 heteroatoms. The van der Waals surface area contributed by atoms with Gasteiger partial charge in [-0.15, -0.1) is 0 Å². The second kappa shape index (κ2) is 10.5. The molecule has 0 saturated carbocycles. The molecule has 0 fully saturated rings. The number of nitrogens with one attached hydrogen (secondary N) is 2. The average Bonchev–Trinajstić information content (AvgIpc) is 2.67. The Kier molecular flexibility index (Phi) is 8.02. The van der Waals surface area contributed by atoms with Gasteiger partial charge in [0.2, 0.25) is 11.8 Å². The minimum absolute atomic E-state index is 0.132. The summed E-state index contributed by atoms with van der Waals surface area (Å²) in [6.45, 7) is 7.04. The van der Waals surface area contributed by atoms with Gasteiger partial charge in [-0.3, -0.25) is 14.5 Å². The van der Waals surface area contributed by atoms with Crippen molar-refractivity contribution in [2.45, 2.75) is 26.7 Å². The predicted molar refractivity (Wildman–Crippen MR) is 113 cm³/mol. The summed E-state index contributed by atoms with van der Waals surface area (Å²) in [6, 6.07) is 15.0. The third-order valence-corrected chi connectivity index (χ3v) is 4.40. The first-order chi connectivity index (χ1) is 13.4. The first-order valence-electron chi connectivity index (χ1n) is 9.47. The summed E-state index contributed by atoms with van der Waals surface area (Å²) in [5.41, 5.74) is 2.64. The Labute approximate surface area is 166 Å². The van der Waals surface area contributed by atoms with Crippen molar-refractivity contribution in [1.29, 1.82) is 0 Å². The molecule has 2 aromatic rings. The van der Waals surface area contributed by atoms with Crippen LogP contribution in [-0.2, 0) is 9.59 Å². The van der Waals surface area contributed by atoms with Crippen LogP contribution in [0.25, 0.3) is 0 Å². The highest BCUT2D eigenvalue weighted by Gasteiger charge is 2.14. The molecule has 0 saturated heterocycles. The fourth-order valence-electron chi connectivity index (χ4n) is 2.74. The van der Waals surface area contributed by atoms with Crippen molar-refractivity contribution in [2.24, 2.45) is 0 Å². The topological polar surface area (TPSA) is 70.7 Å². The maximum atomic E-state index is 12.3. The maximum Gasteiger partial charge on any atom is 0.238 e. The summed E-state index contributed by atoms with van der Waals surface area (Å²) in [6.07, 6.45) is 0. The summed E-state index contributed by atoms with van der Waals surface area (Å²) < 4.78 is 5.15. The summed E-state index contributed by atoms with van der Waals surface area (Å²) >= 11 is 0. The third kappa shape index (κ3) is 6.70. The lowest BCUT2D eigenvalue weighted by Gasteiger charge is -2.19. The number of methoxy groups -OCH3 is 1. The molecular weight excluding hydrogens is 354 g/mol. The van der Waals surface area contributed by atoms with E-state index in [4.69, 9.17) is 4.74 Å². The number of rotatable bonds is 9. The Morgan fingerprint density at radius 1 is 0.964 bits per heavy atom. The molecule has 0 heterocycles. The zero-order chi connectivity index (χ0) is 20.5. The van der Waals surface area contributed by atoms with Crippen LogP contribution >= 0.6 is 0 Å². The fourth-order valence-corrected chi connectivity index (χ4v) is 2.74. The number of hydrogen-bond acceptors (Lipinski definition) is 4. The Bertz CT molecular complexity index is 788. The Morgan fingerprint density at radius 3 is 2.11 bits per heavy atom. The van der Waals surface area contributed by atoms with E-state index in [1.165, 1.54) is 5.56 Å². The van der Waals surface area contributed by atoms with Gasteiger partial charge in [-0.1, -0.05) is 39.0 Å². The third-order valence-electron chi connectivity index (χ3n) is 4.40. The summed E-state index contributed by atoms with van der Waals surface area (Å²) in [4.78, 5) is 26.4. The van der Waals surface area contributed by atoms with Crippen LogP contribution in [0.15, 0.2) is 48.5 Å². The molecule has 2 amide bonds. The smallest absolute Gasteiger partial charge is 0.238 e. The van der Waals surface area contributed by atoms with Crippen molar-refractivity contribution in [1.82, 2.24) is 4.90 Å². The van der Waals surface area contributed by atoms with E-state index < -0.39 is 0 Å². The lowest BCUT2D eigenvalue weighted by molar-refractivity contribution is -0.119. The number of carbonyl (C=O) groups excluding carboxylic acids is 2. The van der Waals surface area contributed by atoms with Crippen LogP contribution in [0.1, 0.15) is 32.3 Å². The molecule has 150 valence electrons. The maximum absolute atomic E-state index is 12.3. The highest BCUT2D eigenvalue weighted by molar-refractivity contribution is 5.94. The van der Waals surface area contributed by atoms with Gasteiger partial charge in [-0.2, -0.15) is 0 Å². The van der Waals surface area contributed by atoms with Crippen molar-refractivity contribution < 1.29 is 14.3 Å². The first kappa shape index (κ1) is 21.4. The van der Waals surface area contributed by atoms with E-state index in [1.54, 1.807) is 24.1 Å². The predicted octanol–water partition coefficient (Wildman–Crippen LogP) is 3.72. The van der Waals surface area contributed by atoms with E-state index in [-0.39, 0.29) is 24.9 Å². The summed E-state index contributed by atoms with van der Waals surface area (Å²) in [7, 11) is 1.58. The van der Waals surface area contributed by atoms with Gasteiger partial charge in [0.25, 0.3) is 0 Å². The molecule has 2 rings (SSSR count). The van der Waals surface area contributed by atoms with Gasteiger partial charge in [0.15, 0.2) is 0 Å². The normalized spacial score (nSPS) is 10.8. The molecule has 0 unspecified atom stereocenters. The number of ether oxygens (including phenoxy) is 1. The van der Waals surface area contributed by atoms with E-state index in [2.05, 4.69) is 24.5 Å². The van der Waals surface area contributed by atoms with E-state index in [9.17, 15) is 9.59 Å².